The molecule has 1 aliphatic rings. The van der Waals surface area contributed by atoms with Crippen molar-refractivity contribution >= 4 is 34.8 Å². The summed E-state index contributed by atoms with van der Waals surface area (Å²) in [7, 11) is 1.62. The second-order valence-electron chi connectivity index (χ2n) is 6.41. The average molecular weight is 409 g/mol. The van der Waals surface area contributed by atoms with E-state index in [1.54, 1.807) is 31.5 Å². The predicted octanol–water partition coefficient (Wildman–Crippen LogP) is 3.15. The Morgan fingerprint density at radius 2 is 1.93 bits per heavy atom. The minimum atomic E-state index is -0.0912. The van der Waals surface area contributed by atoms with Crippen molar-refractivity contribution in [3.63, 3.8) is 0 Å². The standard InChI is InChI=1S/C19H22Cl2N4O2/c1-27-18-11-14(5-6-22-18)12-24-7-9-25(10-8-24)13-17(26)23-16-4-2-3-15(20)19(16)21/h2-6,11H,7-10,12-13H2,1H3,(H,23,26). The number of hydrogen-bond donors (Lipinski definition) is 1. The van der Waals surface area contributed by atoms with Gasteiger partial charge >= 0.3 is 0 Å². The van der Waals surface area contributed by atoms with Crippen LogP contribution in [0.1, 0.15) is 5.56 Å². The Balaban J connectivity index is 1.46. The largest absolute Gasteiger partial charge is 0.481 e. The van der Waals surface area contributed by atoms with Crippen molar-refractivity contribution in [3.8, 4) is 5.88 Å². The fraction of sp³-hybridized carbons (Fsp3) is 0.368. The molecule has 2 heterocycles. The molecule has 144 valence electrons. The SMILES string of the molecule is COc1cc(CN2CCN(CC(=O)Nc3cccc(Cl)c3Cl)CC2)ccn1. The van der Waals surface area contributed by atoms with E-state index in [2.05, 4.69) is 20.1 Å². The smallest absolute Gasteiger partial charge is 0.238 e. The summed E-state index contributed by atoms with van der Waals surface area (Å²) in [5, 5.41) is 3.62. The number of benzene rings is 1. The van der Waals surface area contributed by atoms with E-state index >= 15 is 0 Å². The number of piperazine rings is 1. The zero-order valence-corrected chi connectivity index (χ0v) is 16.6. The van der Waals surface area contributed by atoms with Gasteiger partial charge in [-0.3, -0.25) is 14.6 Å². The lowest BCUT2D eigenvalue weighted by Crippen LogP contribution is -2.48. The summed E-state index contributed by atoms with van der Waals surface area (Å²) >= 11 is 12.1. The van der Waals surface area contributed by atoms with Crippen LogP contribution in [0.25, 0.3) is 0 Å². The molecule has 0 saturated carbocycles. The van der Waals surface area contributed by atoms with Gasteiger partial charge in [-0.2, -0.15) is 0 Å². The first-order valence-corrected chi connectivity index (χ1v) is 9.48. The summed E-state index contributed by atoms with van der Waals surface area (Å²) in [5.74, 6) is 0.536. The van der Waals surface area contributed by atoms with Gasteiger partial charge in [0.15, 0.2) is 0 Å². The highest BCUT2D eigenvalue weighted by Gasteiger charge is 2.19. The van der Waals surface area contributed by atoms with E-state index < -0.39 is 0 Å². The lowest BCUT2D eigenvalue weighted by Gasteiger charge is -2.34. The van der Waals surface area contributed by atoms with Crippen molar-refractivity contribution in [2.45, 2.75) is 6.54 Å². The first-order valence-electron chi connectivity index (χ1n) is 8.72. The Labute approximate surface area is 169 Å². The molecule has 0 radical (unpaired) electrons. The molecular weight excluding hydrogens is 387 g/mol. The summed E-state index contributed by atoms with van der Waals surface area (Å²) in [5.41, 5.74) is 1.71. The Morgan fingerprint density at radius 1 is 1.19 bits per heavy atom. The number of halogens is 2. The maximum atomic E-state index is 12.3. The summed E-state index contributed by atoms with van der Waals surface area (Å²) in [6, 6.07) is 9.15. The van der Waals surface area contributed by atoms with Crippen molar-refractivity contribution in [1.82, 2.24) is 14.8 Å². The molecule has 0 bridgehead atoms. The molecule has 1 aromatic heterocycles. The number of pyridine rings is 1. The van der Waals surface area contributed by atoms with E-state index in [4.69, 9.17) is 27.9 Å². The number of carbonyl (C=O) groups is 1. The Bertz CT molecular complexity index is 795. The van der Waals surface area contributed by atoms with Gasteiger partial charge in [-0.05, 0) is 23.8 Å². The summed E-state index contributed by atoms with van der Waals surface area (Å²) in [6.45, 7) is 4.64. The van der Waals surface area contributed by atoms with Crippen LogP contribution in [0.3, 0.4) is 0 Å². The zero-order chi connectivity index (χ0) is 19.2. The number of nitrogens with one attached hydrogen (secondary N) is 1. The quantitative estimate of drug-likeness (QED) is 0.795. The molecule has 3 rings (SSSR count). The fourth-order valence-corrected chi connectivity index (χ4v) is 3.37. The van der Waals surface area contributed by atoms with Gasteiger partial charge in [-0.25, -0.2) is 4.98 Å². The lowest BCUT2D eigenvalue weighted by molar-refractivity contribution is -0.117. The first-order chi connectivity index (χ1) is 13.0. The second-order valence-corrected chi connectivity index (χ2v) is 7.19. The van der Waals surface area contributed by atoms with Gasteiger partial charge in [0.2, 0.25) is 11.8 Å². The van der Waals surface area contributed by atoms with Crippen LogP contribution in [0, 0.1) is 0 Å². The summed E-state index contributed by atoms with van der Waals surface area (Å²) in [6.07, 6.45) is 1.76. The number of nitrogens with zero attached hydrogens (tertiary/aromatic N) is 3. The third kappa shape index (κ3) is 5.56. The van der Waals surface area contributed by atoms with Crippen molar-refractivity contribution in [3.05, 3.63) is 52.1 Å². The number of aromatic nitrogens is 1. The monoisotopic (exact) mass is 408 g/mol. The van der Waals surface area contributed by atoms with E-state index in [-0.39, 0.29) is 5.91 Å². The zero-order valence-electron chi connectivity index (χ0n) is 15.1. The highest BCUT2D eigenvalue weighted by Crippen LogP contribution is 2.29. The van der Waals surface area contributed by atoms with E-state index in [0.717, 1.165) is 32.7 Å². The van der Waals surface area contributed by atoms with Crippen LogP contribution in [0.5, 0.6) is 5.88 Å². The lowest BCUT2D eigenvalue weighted by atomic mass is 10.2. The highest BCUT2D eigenvalue weighted by molar-refractivity contribution is 6.43. The van der Waals surface area contributed by atoms with E-state index in [1.165, 1.54) is 5.56 Å². The topological polar surface area (TPSA) is 57.7 Å². The minimum Gasteiger partial charge on any atom is -0.481 e. The molecular formula is C19H22Cl2N4O2. The highest BCUT2D eigenvalue weighted by atomic mass is 35.5. The van der Waals surface area contributed by atoms with Crippen LogP contribution in [0.15, 0.2) is 36.5 Å². The van der Waals surface area contributed by atoms with Gasteiger partial charge in [0.25, 0.3) is 0 Å². The molecule has 27 heavy (non-hydrogen) atoms. The Morgan fingerprint density at radius 3 is 2.67 bits per heavy atom. The van der Waals surface area contributed by atoms with Crippen molar-refractivity contribution in [2.24, 2.45) is 0 Å². The van der Waals surface area contributed by atoms with Gasteiger partial charge in [0.05, 0.1) is 29.4 Å². The van der Waals surface area contributed by atoms with Crippen molar-refractivity contribution in [2.75, 3.05) is 45.2 Å². The molecule has 6 nitrogen and oxygen atoms in total. The van der Waals surface area contributed by atoms with Crippen LogP contribution in [0.2, 0.25) is 10.0 Å². The minimum absolute atomic E-state index is 0.0912. The van der Waals surface area contributed by atoms with Crippen LogP contribution in [0.4, 0.5) is 5.69 Å². The number of rotatable bonds is 6. The maximum absolute atomic E-state index is 12.3. The van der Waals surface area contributed by atoms with Gasteiger partial charge in [-0.15, -0.1) is 0 Å². The average Bonchev–Trinajstić information content (AvgIpc) is 2.67. The Kier molecular flexibility index (Phi) is 6.90. The summed E-state index contributed by atoms with van der Waals surface area (Å²) < 4.78 is 5.17. The summed E-state index contributed by atoms with van der Waals surface area (Å²) in [4.78, 5) is 20.9. The second kappa shape index (κ2) is 9.37. The maximum Gasteiger partial charge on any atom is 0.238 e. The molecule has 8 heteroatoms. The molecule has 1 aliphatic heterocycles. The molecule has 0 unspecified atom stereocenters. The molecule has 0 aliphatic carbocycles. The third-order valence-electron chi connectivity index (χ3n) is 4.47. The van der Waals surface area contributed by atoms with Crippen LogP contribution >= 0.6 is 23.2 Å². The van der Waals surface area contributed by atoms with Gasteiger partial charge in [0, 0.05) is 45.0 Å². The van der Waals surface area contributed by atoms with Crippen molar-refractivity contribution in [1.29, 1.82) is 0 Å². The molecule has 1 aromatic carbocycles. The number of anilines is 1. The Hall–Kier alpha value is -1.86. The number of carbonyl (C=O) groups excluding carboxylic acids is 1. The molecule has 1 amide bonds. The number of hydrogen-bond acceptors (Lipinski definition) is 5. The number of amides is 1. The molecule has 0 spiro atoms. The number of methoxy groups -OCH3 is 1. The molecule has 0 atom stereocenters. The van der Waals surface area contributed by atoms with Crippen LogP contribution in [-0.4, -0.2) is 60.5 Å². The van der Waals surface area contributed by atoms with E-state index in [0.29, 0.717) is 28.2 Å². The first kappa shape index (κ1) is 19.9. The molecule has 1 fully saturated rings. The van der Waals surface area contributed by atoms with E-state index in [1.807, 2.05) is 12.1 Å². The van der Waals surface area contributed by atoms with Gasteiger partial charge in [-0.1, -0.05) is 29.3 Å². The molecule has 2 aromatic rings. The third-order valence-corrected chi connectivity index (χ3v) is 5.29. The van der Waals surface area contributed by atoms with Crippen molar-refractivity contribution < 1.29 is 9.53 Å². The van der Waals surface area contributed by atoms with Gasteiger partial charge in [0.1, 0.15) is 0 Å². The predicted molar refractivity (Wildman–Crippen MR) is 108 cm³/mol. The molecule has 1 saturated heterocycles. The fourth-order valence-electron chi connectivity index (χ4n) is 3.02. The number of ether oxygens (including phenoxy) is 1. The molecule has 1 N–H and O–H groups in total. The van der Waals surface area contributed by atoms with Crippen LogP contribution < -0.4 is 10.1 Å². The normalized spacial score (nSPS) is 15.5. The van der Waals surface area contributed by atoms with Crippen LogP contribution in [-0.2, 0) is 11.3 Å². The van der Waals surface area contributed by atoms with E-state index in [9.17, 15) is 4.79 Å². The van der Waals surface area contributed by atoms with Gasteiger partial charge < -0.3 is 10.1 Å².